The molecule has 0 spiro atoms. The molecule has 0 aliphatic rings. The second-order valence-corrected chi connectivity index (χ2v) is 4.97. The highest BCUT2D eigenvalue weighted by Crippen LogP contribution is 2.20. The Kier molecular flexibility index (Phi) is 5.54. The van der Waals surface area contributed by atoms with Gasteiger partial charge in [-0.2, -0.15) is 13.2 Å². The van der Waals surface area contributed by atoms with Crippen molar-refractivity contribution >= 4 is 22.9 Å². The number of hydrogen-bond acceptors (Lipinski definition) is 3. The first-order chi connectivity index (χ1) is 7.47. The van der Waals surface area contributed by atoms with Crippen molar-refractivity contribution in [1.29, 1.82) is 0 Å². The Hall–Kier alpha value is -0.300. The van der Waals surface area contributed by atoms with Gasteiger partial charge >= 0.3 is 6.18 Å². The fraction of sp³-hybridized carbons (Fsp3) is 0.556. The van der Waals surface area contributed by atoms with E-state index in [1.807, 2.05) is 6.07 Å². The molecule has 1 aromatic heterocycles. The Morgan fingerprint density at radius 2 is 1.88 bits per heavy atom. The van der Waals surface area contributed by atoms with Crippen LogP contribution in [0.25, 0.3) is 0 Å². The van der Waals surface area contributed by atoms with E-state index in [0.29, 0.717) is 24.0 Å². The summed E-state index contributed by atoms with van der Waals surface area (Å²) >= 11 is 7.18. The first-order valence-corrected chi connectivity index (χ1v) is 5.89. The molecule has 0 radical (unpaired) electrons. The minimum atomic E-state index is -4.14. The summed E-state index contributed by atoms with van der Waals surface area (Å²) in [5.74, 6) is 0. The quantitative estimate of drug-likeness (QED) is 0.778. The van der Waals surface area contributed by atoms with E-state index in [-0.39, 0.29) is 0 Å². The maximum atomic E-state index is 11.7. The molecular weight excluding hydrogens is 261 g/mol. The third kappa shape index (κ3) is 6.32. The Labute approximate surface area is 101 Å². The SMILES string of the molecule is FC(F)(F)CNCCNCc1ccc(Cl)s1. The Morgan fingerprint density at radius 1 is 1.19 bits per heavy atom. The molecule has 0 bridgehead atoms. The van der Waals surface area contributed by atoms with Gasteiger partial charge in [0.1, 0.15) is 0 Å². The van der Waals surface area contributed by atoms with Crippen molar-refractivity contribution in [3.63, 3.8) is 0 Å². The second kappa shape index (κ2) is 6.44. The maximum Gasteiger partial charge on any atom is 0.401 e. The zero-order valence-corrected chi connectivity index (χ0v) is 9.98. The third-order valence-electron chi connectivity index (χ3n) is 1.73. The summed E-state index contributed by atoms with van der Waals surface area (Å²) in [5.41, 5.74) is 0. The molecular formula is C9H12ClF3N2S. The molecule has 92 valence electrons. The summed E-state index contributed by atoms with van der Waals surface area (Å²) in [6.07, 6.45) is -4.14. The summed E-state index contributed by atoms with van der Waals surface area (Å²) in [5, 5.41) is 5.33. The van der Waals surface area contributed by atoms with Gasteiger partial charge in [0.25, 0.3) is 0 Å². The van der Waals surface area contributed by atoms with Crippen molar-refractivity contribution in [2.75, 3.05) is 19.6 Å². The largest absolute Gasteiger partial charge is 0.401 e. The molecule has 1 heterocycles. The van der Waals surface area contributed by atoms with E-state index in [1.54, 1.807) is 6.07 Å². The molecule has 1 rings (SSSR count). The lowest BCUT2D eigenvalue weighted by molar-refractivity contribution is -0.124. The van der Waals surface area contributed by atoms with Gasteiger partial charge in [0.15, 0.2) is 0 Å². The van der Waals surface area contributed by atoms with E-state index in [9.17, 15) is 13.2 Å². The minimum absolute atomic E-state index is 0.290. The lowest BCUT2D eigenvalue weighted by atomic mass is 10.4. The van der Waals surface area contributed by atoms with E-state index in [4.69, 9.17) is 11.6 Å². The van der Waals surface area contributed by atoms with E-state index in [1.165, 1.54) is 11.3 Å². The molecule has 7 heteroatoms. The van der Waals surface area contributed by atoms with Crippen LogP contribution in [0.4, 0.5) is 13.2 Å². The Morgan fingerprint density at radius 3 is 2.44 bits per heavy atom. The van der Waals surface area contributed by atoms with Gasteiger partial charge in [0, 0.05) is 24.5 Å². The number of nitrogens with one attached hydrogen (secondary N) is 2. The fourth-order valence-corrected chi connectivity index (χ4v) is 2.12. The predicted molar refractivity (Wildman–Crippen MR) is 60.0 cm³/mol. The second-order valence-electron chi connectivity index (χ2n) is 3.17. The van der Waals surface area contributed by atoms with Crippen LogP contribution < -0.4 is 10.6 Å². The number of alkyl halides is 3. The van der Waals surface area contributed by atoms with Crippen LogP contribution in [-0.2, 0) is 6.54 Å². The van der Waals surface area contributed by atoms with Gasteiger partial charge in [0.05, 0.1) is 10.9 Å². The molecule has 0 atom stereocenters. The zero-order valence-electron chi connectivity index (χ0n) is 8.40. The maximum absolute atomic E-state index is 11.7. The number of halogens is 4. The normalized spacial score (nSPS) is 12.0. The van der Waals surface area contributed by atoms with E-state index in [0.717, 1.165) is 4.88 Å². The van der Waals surface area contributed by atoms with Crippen molar-refractivity contribution in [2.24, 2.45) is 0 Å². The van der Waals surface area contributed by atoms with Crippen LogP contribution in [0.3, 0.4) is 0 Å². The third-order valence-corrected chi connectivity index (χ3v) is 2.96. The van der Waals surface area contributed by atoms with Gasteiger partial charge in [0.2, 0.25) is 0 Å². The highest BCUT2D eigenvalue weighted by atomic mass is 35.5. The van der Waals surface area contributed by atoms with Crippen molar-refractivity contribution in [3.05, 3.63) is 21.3 Å². The lowest BCUT2D eigenvalue weighted by Crippen LogP contribution is -2.33. The van der Waals surface area contributed by atoms with Crippen molar-refractivity contribution in [3.8, 4) is 0 Å². The first kappa shape index (κ1) is 13.8. The van der Waals surface area contributed by atoms with Crippen molar-refractivity contribution in [1.82, 2.24) is 10.6 Å². The summed E-state index contributed by atoms with van der Waals surface area (Å²) in [7, 11) is 0. The molecule has 2 N–H and O–H groups in total. The van der Waals surface area contributed by atoms with Crippen LogP contribution in [-0.4, -0.2) is 25.8 Å². The molecule has 0 fully saturated rings. The highest BCUT2D eigenvalue weighted by Gasteiger charge is 2.25. The van der Waals surface area contributed by atoms with Crippen LogP contribution in [0.2, 0.25) is 4.34 Å². The minimum Gasteiger partial charge on any atom is -0.311 e. The predicted octanol–water partition coefficient (Wildman–Crippen LogP) is 2.64. The molecule has 0 saturated carbocycles. The van der Waals surface area contributed by atoms with Gasteiger partial charge in [-0.05, 0) is 12.1 Å². The molecule has 16 heavy (non-hydrogen) atoms. The number of rotatable bonds is 6. The molecule has 1 aromatic rings. The number of thiophene rings is 1. The Bertz CT molecular complexity index is 314. The summed E-state index contributed by atoms with van der Waals surface area (Å²) in [4.78, 5) is 1.07. The van der Waals surface area contributed by atoms with Crippen LogP contribution >= 0.6 is 22.9 Å². The average molecular weight is 273 g/mol. The molecule has 2 nitrogen and oxygen atoms in total. The molecule has 0 aliphatic carbocycles. The summed E-state index contributed by atoms with van der Waals surface area (Å²) in [6.45, 7) is 0.467. The van der Waals surface area contributed by atoms with E-state index in [2.05, 4.69) is 10.6 Å². The molecule has 0 unspecified atom stereocenters. The Balaban J connectivity index is 2.00. The summed E-state index contributed by atoms with van der Waals surface area (Å²) < 4.78 is 35.9. The lowest BCUT2D eigenvalue weighted by Gasteiger charge is -2.08. The smallest absolute Gasteiger partial charge is 0.311 e. The van der Waals surface area contributed by atoms with Crippen molar-refractivity contribution in [2.45, 2.75) is 12.7 Å². The van der Waals surface area contributed by atoms with Crippen LogP contribution in [0.5, 0.6) is 0 Å². The average Bonchev–Trinajstić information content (AvgIpc) is 2.56. The van der Waals surface area contributed by atoms with Crippen LogP contribution in [0.1, 0.15) is 4.88 Å². The van der Waals surface area contributed by atoms with E-state index < -0.39 is 12.7 Å². The van der Waals surface area contributed by atoms with Gasteiger partial charge in [-0.3, -0.25) is 0 Å². The monoisotopic (exact) mass is 272 g/mol. The van der Waals surface area contributed by atoms with Crippen LogP contribution in [0, 0.1) is 0 Å². The van der Waals surface area contributed by atoms with Gasteiger partial charge in [-0.1, -0.05) is 11.6 Å². The molecule has 0 aliphatic heterocycles. The van der Waals surface area contributed by atoms with E-state index >= 15 is 0 Å². The first-order valence-electron chi connectivity index (χ1n) is 4.70. The molecule has 0 amide bonds. The summed E-state index contributed by atoms with van der Waals surface area (Å²) in [6, 6.07) is 3.69. The van der Waals surface area contributed by atoms with Gasteiger partial charge in [-0.15, -0.1) is 11.3 Å². The number of hydrogen-bond donors (Lipinski definition) is 2. The topological polar surface area (TPSA) is 24.1 Å². The van der Waals surface area contributed by atoms with Gasteiger partial charge < -0.3 is 10.6 Å². The van der Waals surface area contributed by atoms with Gasteiger partial charge in [-0.25, -0.2) is 0 Å². The zero-order chi connectivity index (χ0) is 12.0. The van der Waals surface area contributed by atoms with Crippen LogP contribution in [0.15, 0.2) is 12.1 Å². The standard InChI is InChI=1S/C9H12ClF3N2S/c10-8-2-1-7(16-8)5-14-3-4-15-6-9(11,12)13/h1-2,14-15H,3-6H2. The fourth-order valence-electron chi connectivity index (χ4n) is 1.07. The highest BCUT2D eigenvalue weighted by molar-refractivity contribution is 7.16. The van der Waals surface area contributed by atoms with Crippen molar-refractivity contribution < 1.29 is 13.2 Å². The molecule has 0 aromatic carbocycles. The molecule has 0 saturated heterocycles.